The van der Waals surface area contributed by atoms with Crippen molar-refractivity contribution >= 4 is 35.1 Å². The Morgan fingerprint density at radius 3 is 2.32 bits per heavy atom. The number of alkyl halides is 3. The number of pyridine rings is 1. The van der Waals surface area contributed by atoms with Crippen molar-refractivity contribution < 1.29 is 27.6 Å². The van der Waals surface area contributed by atoms with Crippen molar-refractivity contribution in [3.8, 4) is 0 Å². The number of carbonyl (C=O) groups excluding carboxylic acids is 3. The van der Waals surface area contributed by atoms with Gasteiger partial charge >= 0.3 is 6.18 Å². The highest BCUT2D eigenvalue weighted by molar-refractivity contribution is 6.33. The lowest BCUT2D eigenvalue weighted by atomic mass is 9.95. The number of halogens is 4. The van der Waals surface area contributed by atoms with E-state index in [2.05, 4.69) is 15.6 Å². The minimum atomic E-state index is -4.52. The van der Waals surface area contributed by atoms with E-state index in [1.54, 1.807) is 29.2 Å². The Bertz CT molecular complexity index is 1050. The summed E-state index contributed by atoms with van der Waals surface area (Å²) in [6.45, 7) is 0.891. The summed E-state index contributed by atoms with van der Waals surface area (Å²) >= 11 is 6.02. The van der Waals surface area contributed by atoms with E-state index < -0.39 is 23.6 Å². The number of benzene rings is 1. The van der Waals surface area contributed by atoms with Crippen LogP contribution in [0.5, 0.6) is 0 Å². The summed E-state index contributed by atoms with van der Waals surface area (Å²) in [6, 6.07) is 7.41. The second-order valence-corrected chi connectivity index (χ2v) is 8.26. The van der Waals surface area contributed by atoms with Crippen LogP contribution in [0.4, 0.5) is 19.0 Å². The molecule has 1 saturated heterocycles. The van der Waals surface area contributed by atoms with Crippen LogP contribution in [-0.4, -0.2) is 42.3 Å². The molecule has 0 aliphatic carbocycles. The molecule has 182 valence electrons. The van der Waals surface area contributed by atoms with Gasteiger partial charge in [0.1, 0.15) is 5.82 Å². The topological polar surface area (TPSA) is 117 Å². The van der Waals surface area contributed by atoms with Crippen molar-refractivity contribution in [1.82, 2.24) is 15.6 Å². The van der Waals surface area contributed by atoms with Gasteiger partial charge in [0, 0.05) is 37.3 Å². The number of rotatable bonds is 7. The summed E-state index contributed by atoms with van der Waals surface area (Å²) < 4.78 is 38.4. The molecular formula is C22H23ClF3N5O3. The molecule has 1 aromatic heterocycles. The zero-order valence-corrected chi connectivity index (χ0v) is 18.7. The maximum Gasteiger partial charge on any atom is 0.417 e. The number of primary amides is 1. The summed E-state index contributed by atoms with van der Waals surface area (Å²) in [5, 5.41) is 5.17. The first-order valence-corrected chi connectivity index (χ1v) is 10.8. The Kier molecular flexibility index (Phi) is 7.98. The van der Waals surface area contributed by atoms with Crippen molar-refractivity contribution in [3.05, 3.63) is 58.2 Å². The number of carbonyl (C=O) groups is 3. The number of aromatic nitrogens is 1. The summed E-state index contributed by atoms with van der Waals surface area (Å²) in [7, 11) is 0. The highest BCUT2D eigenvalue weighted by Gasteiger charge is 2.33. The first kappa shape index (κ1) is 25.3. The lowest BCUT2D eigenvalue weighted by molar-refractivity contribution is -0.137. The third-order valence-corrected chi connectivity index (χ3v) is 5.70. The monoisotopic (exact) mass is 497 g/mol. The molecular weight excluding hydrogens is 475 g/mol. The number of nitrogens with zero attached hydrogens (tertiary/aromatic N) is 2. The van der Waals surface area contributed by atoms with E-state index in [1.165, 1.54) is 0 Å². The molecule has 2 aromatic rings. The molecule has 1 aromatic carbocycles. The average Bonchev–Trinajstić information content (AvgIpc) is 2.80. The Morgan fingerprint density at radius 1 is 1.12 bits per heavy atom. The molecule has 0 saturated carbocycles. The highest BCUT2D eigenvalue weighted by atomic mass is 35.5. The zero-order valence-electron chi connectivity index (χ0n) is 18.0. The fourth-order valence-electron chi connectivity index (χ4n) is 3.55. The molecule has 3 rings (SSSR count). The van der Waals surface area contributed by atoms with E-state index in [0.717, 1.165) is 17.8 Å². The van der Waals surface area contributed by atoms with Crippen molar-refractivity contribution in [1.29, 1.82) is 0 Å². The van der Waals surface area contributed by atoms with Crippen molar-refractivity contribution in [2.75, 3.05) is 24.5 Å². The van der Waals surface area contributed by atoms with Gasteiger partial charge in [0.2, 0.25) is 11.8 Å². The van der Waals surface area contributed by atoms with Crippen LogP contribution in [0, 0.1) is 5.92 Å². The third kappa shape index (κ3) is 6.60. The molecule has 8 nitrogen and oxygen atoms in total. The first-order valence-electron chi connectivity index (χ1n) is 10.5. The van der Waals surface area contributed by atoms with Crippen LogP contribution < -0.4 is 21.3 Å². The van der Waals surface area contributed by atoms with E-state index in [4.69, 9.17) is 17.3 Å². The van der Waals surface area contributed by atoms with Crippen molar-refractivity contribution in [3.63, 3.8) is 0 Å². The minimum absolute atomic E-state index is 0.0792. The van der Waals surface area contributed by atoms with Gasteiger partial charge < -0.3 is 21.3 Å². The second-order valence-electron chi connectivity index (χ2n) is 7.85. The predicted octanol–water partition coefficient (Wildman–Crippen LogP) is 2.50. The molecule has 0 radical (unpaired) electrons. The van der Waals surface area contributed by atoms with Crippen LogP contribution in [0.3, 0.4) is 0 Å². The highest BCUT2D eigenvalue weighted by Crippen LogP contribution is 2.34. The Hall–Kier alpha value is -3.34. The van der Waals surface area contributed by atoms with E-state index >= 15 is 0 Å². The van der Waals surface area contributed by atoms with Crippen molar-refractivity contribution in [2.45, 2.75) is 25.6 Å². The molecule has 1 aliphatic rings. The van der Waals surface area contributed by atoms with E-state index in [9.17, 15) is 27.6 Å². The van der Waals surface area contributed by atoms with Crippen LogP contribution in [0.25, 0.3) is 0 Å². The molecule has 0 atom stereocenters. The summed E-state index contributed by atoms with van der Waals surface area (Å²) in [4.78, 5) is 40.8. The zero-order chi connectivity index (χ0) is 24.9. The lowest BCUT2D eigenvalue weighted by Gasteiger charge is -2.32. The number of nitrogens with one attached hydrogen (secondary N) is 2. The average molecular weight is 498 g/mol. The Morgan fingerprint density at radius 2 is 1.76 bits per heavy atom. The van der Waals surface area contributed by atoms with E-state index in [1.807, 2.05) is 0 Å². The molecule has 3 amide bonds. The lowest BCUT2D eigenvalue weighted by Crippen LogP contribution is -2.40. The van der Waals surface area contributed by atoms with Gasteiger partial charge in [0.25, 0.3) is 5.91 Å². The SMILES string of the molecule is NC(=O)CNC(=O)c1ccc(CNC(=O)C2CCN(c3ncc(C(F)(F)F)cc3Cl)CC2)cc1. The summed E-state index contributed by atoms with van der Waals surface area (Å²) in [6.07, 6.45) is -2.75. The van der Waals surface area contributed by atoms with E-state index in [-0.39, 0.29) is 35.8 Å². The molecule has 1 fully saturated rings. The van der Waals surface area contributed by atoms with Gasteiger partial charge in [-0.3, -0.25) is 14.4 Å². The van der Waals surface area contributed by atoms with E-state index in [0.29, 0.717) is 31.5 Å². The molecule has 1 aliphatic heterocycles. The summed E-state index contributed by atoms with van der Waals surface area (Å²) in [5.41, 5.74) is 5.24. The number of hydrogen-bond donors (Lipinski definition) is 3. The van der Waals surface area contributed by atoms with Gasteiger partial charge in [-0.05, 0) is 36.6 Å². The van der Waals surface area contributed by atoms with Gasteiger partial charge in [-0.15, -0.1) is 0 Å². The largest absolute Gasteiger partial charge is 0.417 e. The number of hydrogen-bond acceptors (Lipinski definition) is 5. The smallest absolute Gasteiger partial charge is 0.368 e. The third-order valence-electron chi connectivity index (χ3n) is 5.42. The van der Waals surface area contributed by atoms with Gasteiger partial charge in [0.15, 0.2) is 0 Å². The van der Waals surface area contributed by atoms with Crippen LogP contribution in [0.15, 0.2) is 36.5 Å². The van der Waals surface area contributed by atoms with Crippen LogP contribution in [0.2, 0.25) is 5.02 Å². The normalized spacial score (nSPS) is 14.5. The van der Waals surface area contributed by atoms with Gasteiger partial charge in [-0.2, -0.15) is 13.2 Å². The number of nitrogens with two attached hydrogens (primary N) is 1. The minimum Gasteiger partial charge on any atom is -0.368 e. The number of anilines is 1. The quantitative estimate of drug-likeness (QED) is 0.543. The molecule has 12 heteroatoms. The molecule has 0 spiro atoms. The molecule has 34 heavy (non-hydrogen) atoms. The fourth-order valence-corrected chi connectivity index (χ4v) is 3.83. The van der Waals surface area contributed by atoms with Crippen LogP contribution >= 0.6 is 11.6 Å². The summed E-state index contributed by atoms with van der Waals surface area (Å²) in [5.74, 6) is -1.17. The predicted molar refractivity (Wildman–Crippen MR) is 119 cm³/mol. The molecule has 0 bridgehead atoms. The fraction of sp³-hybridized carbons (Fsp3) is 0.364. The van der Waals surface area contributed by atoms with Crippen LogP contribution in [0.1, 0.15) is 34.3 Å². The Balaban J connectivity index is 1.48. The van der Waals surface area contributed by atoms with Crippen LogP contribution in [-0.2, 0) is 22.3 Å². The van der Waals surface area contributed by atoms with Gasteiger partial charge in [-0.25, -0.2) is 4.98 Å². The molecule has 0 unspecified atom stereocenters. The molecule has 2 heterocycles. The van der Waals surface area contributed by atoms with Gasteiger partial charge in [0.05, 0.1) is 17.1 Å². The number of piperidine rings is 1. The second kappa shape index (κ2) is 10.7. The van der Waals surface area contributed by atoms with Crippen molar-refractivity contribution in [2.24, 2.45) is 11.7 Å². The van der Waals surface area contributed by atoms with Gasteiger partial charge in [-0.1, -0.05) is 23.7 Å². The maximum absolute atomic E-state index is 12.8. The molecule has 4 N–H and O–H groups in total. The number of amides is 3. The standard InChI is InChI=1S/C22H23ClF3N5O3/c23-17-9-16(22(24,25)26)11-28-19(17)31-7-5-15(6-8-31)21(34)29-10-13-1-3-14(4-2-13)20(33)30-12-18(27)32/h1-4,9,11,15H,5-8,10,12H2,(H2,27,32)(H,29,34)(H,30,33). The maximum atomic E-state index is 12.8. The Labute approximate surface area is 198 Å². The first-order chi connectivity index (χ1) is 16.0.